The minimum absolute atomic E-state index is 0.119. The number of aliphatic imine (C=N–C) groups is 1. The molecule has 3 heterocycles. The molecule has 1 N–H and O–H groups in total. The number of ether oxygens (including phenoxy) is 10. The summed E-state index contributed by atoms with van der Waals surface area (Å²) in [5, 5.41) is 10.9. The summed E-state index contributed by atoms with van der Waals surface area (Å²) in [6.45, 7) is 3.05. The molecule has 3 aromatic carbocycles. The zero-order valence-electron chi connectivity index (χ0n) is 37.5. The fourth-order valence-corrected chi connectivity index (χ4v) is 7.57. The van der Waals surface area contributed by atoms with Gasteiger partial charge in [0, 0.05) is 48.2 Å². The van der Waals surface area contributed by atoms with Crippen molar-refractivity contribution in [2.45, 2.75) is 102 Å². The Morgan fingerprint density at radius 1 is 0.621 bits per heavy atom. The molecule has 0 unspecified atom stereocenters. The van der Waals surface area contributed by atoms with Gasteiger partial charge < -0.3 is 52.5 Å². The van der Waals surface area contributed by atoms with Crippen LogP contribution < -0.4 is 11.2 Å². The number of hydrogen-bond donors (Lipinski definition) is 1. The maximum atomic E-state index is 13.3. The second kappa shape index (κ2) is 23.4. The Hall–Kier alpha value is -6.06. The van der Waals surface area contributed by atoms with Crippen LogP contribution in [0, 0.1) is 0 Å². The van der Waals surface area contributed by atoms with E-state index >= 15 is 0 Å². The van der Waals surface area contributed by atoms with Gasteiger partial charge in [0.05, 0.1) is 26.4 Å². The maximum absolute atomic E-state index is 13.3. The van der Waals surface area contributed by atoms with Gasteiger partial charge in [-0.3, -0.25) is 33.3 Å². The van der Waals surface area contributed by atoms with Crippen LogP contribution in [0.2, 0.25) is 0 Å². The van der Waals surface area contributed by atoms with Crippen LogP contribution in [-0.2, 0) is 95.7 Å². The number of benzene rings is 3. The van der Waals surface area contributed by atoms with Crippen LogP contribution in [-0.4, -0.2) is 120 Å². The van der Waals surface area contributed by atoms with Gasteiger partial charge in [0.2, 0.25) is 5.88 Å². The summed E-state index contributed by atoms with van der Waals surface area (Å²) in [6, 6.07) is 27.1. The minimum atomic E-state index is -1.54. The topological polar surface area (TPSA) is 220 Å². The number of methoxy groups -OCH3 is 1. The van der Waals surface area contributed by atoms with E-state index in [1.54, 1.807) is 0 Å². The molecule has 0 aliphatic carbocycles. The van der Waals surface area contributed by atoms with Crippen LogP contribution in [0.15, 0.2) is 106 Å². The highest BCUT2D eigenvalue weighted by atomic mass is 16.7. The summed E-state index contributed by atoms with van der Waals surface area (Å²) >= 11 is 0. The van der Waals surface area contributed by atoms with E-state index in [1.807, 2.05) is 91.0 Å². The normalized spacial score (nSPS) is 25.3. The number of aromatic hydroxyl groups is 1. The first kappa shape index (κ1) is 49.4. The molecule has 0 amide bonds. The second-order valence-electron chi connectivity index (χ2n) is 15.6. The first-order valence-electron chi connectivity index (χ1n) is 21.2. The molecule has 2 saturated heterocycles. The number of carbonyl (C=O) groups excluding carboxylic acids is 3. The maximum Gasteiger partial charge on any atom is 0.333 e. The molecular formula is C47H55N3O16. The van der Waals surface area contributed by atoms with Gasteiger partial charge in [-0.2, -0.15) is 0 Å². The smallest absolute Gasteiger partial charge is 0.333 e. The molecule has 4 aromatic rings. The van der Waals surface area contributed by atoms with Crippen LogP contribution in [0.25, 0.3) is 0 Å². The molecule has 2 fully saturated rings. The number of aromatic nitrogens is 2. The van der Waals surface area contributed by atoms with Crippen molar-refractivity contribution in [1.82, 2.24) is 9.13 Å². The first-order valence-corrected chi connectivity index (χ1v) is 21.2. The standard InChI is InChI=1S/C47H55N3O16/c1-28(51)58-26-36-39(63-29(2)52)40(64-30(3)53)37(48-22-34-43(54)49(4)47(56)50(5)44(34)55)45(65-36)62-27-35-38(59-23-31-16-10-7-11-17-31)41(60-24-32-18-12-8-13-19-32)42(46(57-6)66-35)61-25-33-20-14-9-15-21-33/h7-22,35-42,45-46,54H,23-27H2,1-6H3/t35-,36-,37-,38-,39-,40-,41+,42-,45+,46+/m1/s1. The molecule has 6 rings (SSSR count). The lowest BCUT2D eigenvalue weighted by Crippen LogP contribution is -2.63. The molecule has 2 aliphatic rings. The van der Waals surface area contributed by atoms with E-state index in [-0.39, 0.29) is 26.4 Å². The number of nitrogens with zero attached hydrogens (tertiary/aromatic N) is 3. The van der Waals surface area contributed by atoms with Gasteiger partial charge in [0.15, 0.2) is 24.8 Å². The lowest BCUT2D eigenvalue weighted by atomic mass is 9.96. The Labute approximate surface area is 380 Å². The summed E-state index contributed by atoms with van der Waals surface area (Å²) < 4.78 is 63.7. The Bertz CT molecular complexity index is 2380. The van der Waals surface area contributed by atoms with Crippen molar-refractivity contribution in [2.75, 3.05) is 20.3 Å². The highest BCUT2D eigenvalue weighted by molar-refractivity contribution is 5.82. The average Bonchev–Trinajstić information content (AvgIpc) is 3.31. The molecule has 0 saturated carbocycles. The molecule has 10 atom stereocenters. The van der Waals surface area contributed by atoms with Crippen molar-refractivity contribution >= 4 is 24.1 Å². The third-order valence-corrected chi connectivity index (χ3v) is 10.8. The van der Waals surface area contributed by atoms with Crippen LogP contribution >= 0.6 is 0 Å². The number of carbonyl (C=O) groups is 3. The summed E-state index contributed by atoms with van der Waals surface area (Å²) in [6.07, 6.45) is -9.45. The summed E-state index contributed by atoms with van der Waals surface area (Å²) in [5.74, 6) is -3.02. The zero-order valence-corrected chi connectivity index (χ0v) is 37.5. The van der Waals surface area contributed by atoms with Crippen molar-refractivity contribution in [3.63, 3.8) is 0 Å². The largest absolute Gasteiger partial charge is 0.494 e. The molecule has 1 aromatic heterocycles. The molecule has 0 spiro atoms. The predicted octanol–water partition coefficient (Wildman–Crippen LogP) is 2.87. The molecule has 19 heteroatoms. The molecule has 0 radical (unpaired) electrons. The summed E-state index contributed by atoms with van der Waals surface area (Å²) in [4.78, 5) is 67.8. The van der Waals surface area contributed by atoms with Gasteiger partial charge in [-0.05, 0) is 16.7 Å². The van der Waals surface area contributed by atoms with Gasteiger partial charge in [-0.25, -0.2) is 4.79 Å². The van der Waals surface area contributed by atoms with Gasteiger partial charge in [-0.15, -0.1) is 0 Å². The van der Waals surface area contributed by atoms with Crippen molar-refractivity contribution in [3.8, 4) is 5.88 Å². The second-order valence-corrected chi connectivity index (χ2v) is 15.6. The molecule has 19 nitrogen and oxygen atoms in total. The van der Waals surface area contributed by atoms with Gasteiger partial charge in [0.1, 0.15) is 48.7 Å². The van der Waals surface area contributed by atoms with Crippen molar-refractivity contribution in [2.24, 2.45) is 19.1 Å². The minimum Gasteiger partial charge on any atom is -0.494 e. The Kier molecular flexibility index (Phi) is 17.5. The Morgan fingerprint density at radius 2 is 1.11 bits per heavy atom. The highest BCUT2D eigenvalue weighted by Crippen LogP contribution is 2.34. The molecule has 354 valence electrons. The predicted molar refractivity (Wildman–Crippen MR) is 233 cm³/mol. The average molecular weight is 918 g/mol. The van der Waals surface area contributed by atoms with E-state index in [0.29, 0.717) is 0 Å². The zero-order chi connectivity index (χ0) is 47.3. The summed E-state index contributed by atoms with van der Waals surface area (Å²) in [5.41, 5.74) is 0.515. The monoisotopic (exact) mass is 917 g/mol. The van der Waals surface area contributed by atoms with E-state index in [2.05, 4.69) is 4.99 Å². The van der Waals surface area contributed by atoms with Crippen molar-refractivity contribution in [3.05, 3.63) is 134 Å². The third-order valence-electron chi connectivity index (χ3n) is 10.8. The number of esters is 3. The molecule has 66 heavy (non-hydrogen) atoms. The number of rotatable bonds is 19. The van der Waals surface area contributed by atoms with E-state index in [0.717, 1.165) is 45.9 Å². The van der Waals surface area contributed by atoms with Gasteiger partial charge in [-0.1, -0.05) is 91.0 Å². The van der Waals surface area contributed by atoms with E-state index in [9.17, 15) is 29.1 Å². The highest BCUT2D eigenvalue weighted by Gasteiger charge is 2.53. The fraction of sp³-hybridized carbons (Fsp3) is 0.447. The Balaban J connectivity index is 1.40. The number of hydrogen-bond acceptors (Lipinski definition) is 17. The van der Waals surface area contributed by atoms with Crippen LogP contribution in [0.4, 0.5) is 0 Å². The fourth-order valence-electron chi connectivity index (χ4n) is 7.57. The first-order chi connectivity index (χ1) is 31.7. The molecular weight excluding hydrogens is 863 g/mol. The lowest BCUT2D eigenvalue weighted by Gasteiger charge is -2.47. The van der Waals surface area contributed by atoms with E-state index in [4.69, 9.17) is 47.4 Å². The van der Waals surface area contributed by atoms with E-state index in [1.165, 1.54) is 28.1 Å². The van der Waals surface area contributed by atoms with E-state index < -0.39 is 109 Å². The van der Waals surface area contributed by atoms with Gasteiger partial charge in [0.25, 0.3) is 5.56 Å². The Morgan fingerprint density at radius 3 is 1.62 bits per heavy atom. The van der Waals surface area contributed by atoms with Gasteiger partial charge >= 0.3 is 23.6 Å². The lowest BCUT2D eigenvalue weighted by molar-refractivity contribution is -0.334. The van der Waals surface area contributed by atoms with Crippen molar-refractivity contribution in [1.29, 1.82) is 0 Å². The van der Waals surface area contributed by atoms with Crippen LogP contribution in [0.3, 0.4) is 0 Å². The third kappa shape index (κ3) is 12.6. The molecule has 0 bridgehead atoms. The molecule has 2 aliphatic heterocycles. The summed E-state index contributed by atoms with van der Waals surface area (Å²) in [7, 11) is 3.94. The van der Waals surface area contributed by atoms with Crippen LogP contribution in [0.5, 0.6) is 5.88 Å². The quantitative estimate of drug-likeness (QED) is 0.0812. The SMILES string of the molecule is CO[C@H]1O[C@H](CO[C@H]2O[C@H](COC(C)=O)[C@@H](OC(C)=O)[C@H](OC(C)=O)[C@H]2N=Cc2c(O)n(C)c(=O)n(C)c2=O)[C@@H](OCc2ccccc2)[C@H](OCc2ccccc2)[C@H]1OCc1ccccc1. The van der Waals surface area contributed by atoms with Crippen molar-refractivity contribution < 1.29 is 66.9 Å². The van der Waals surface area contributed by atoms with Crippen LogP contribution in [0.1, 0.15) is 43.0 Å².